The molecule has 1 saturated heterocycles. The fraction of sp³-hybridized carbons (Fsp3) is 0.353. The molecule has 52 heavy (non-hydrogen) atoms. The quantitative estimate of drug-likeness (QED) is 0.0482. The van der Waals surface area contributed by atoms with Crippen molar-refractivity contribution in [3.63, 3.8) is 0 Å². The number of rotatable bonds is 15. The molecule has 6 atom stereocenters. The number of aliphatic hydroxyl groups excluding tert-OH is 1. The summed E-state index contributed by atoms with van der Waals surface area (Å²) >= 11 is 3.43. The number of hydrogen-bond acceptors (Lipinski definition) is 14. The van der Waals surface area contributed by atoms with Crippen molar-refractivity contribution in [2.45, 2.75) is 50.0 Å². The molecule has 1 fully saturated rings. The second-order valence-corrected chi connectivity index (χ2v) is 15.8. The van der Waals surface area contributed by atoms with E-state index in [-0.39, 0.29) is 41.8 Å². The number of aliphatic hydroxyl groups is 2. The van der Waals surface area contributed by atoms with E-state index in [1.807, 2.05) is 89.5 Å². The van der Waals surface area contributed by atoms with Crippen LogP contribution < -0.4 is 20.1 Å². The van der Waals surface area contributed by atoms with Crippen LogP contribution in [0.25, 0.3) is 21.9 Å². The van der Waals surface area contributed by atoms with E-state index in [4.69, 9.17) is 29.0 Å². The first-order chi connectivity index (χ1) is 24.9. The van der Waals surface area contributed by atoms with Crippen LogP contribution in [-0.4, -0.2) is 85.3 Å². The van der Waals surface area contributed by atoms with Gasteiger partial charge < -0.3 is 34.7 Å². The number of hydrogen-bond donors (Lipinski definition) is 4. The molecule has 3 heterocycles. The number of aromatic nitrogens is 4. The number of benzene rings is 3. The number of nitrogens with one attached hydrogen (secondary N) is 1. The summed E-state index contributed by atoms with van der Waals surface area (Å²) in [5.41, 5.74) is 5.25. The Morgan fingerprint density at radius 2 is 1.87 bits per heavy atom. The van der Waals surface area contributed by atoms with Crippen LogP contribution in [0.3, 0.4) is 0 Å². The summed E-state index contributed by atoms with van der Waals surface area (Å²) in [5.74, 6) is 0.127. The van der Waals surface area contributed by atoms with Gasteiger partial charge in [-0.2, -0.15) is 26.8 Å². The topological polar surface area (TPSA) is 202 Å². The van der Waals surface area contributed by atoms with E-state index in [1.54, 1.807) is 12.1 Å². The molecule has 2 aromatic heterocycles. The lowest BCUT2D eigenvalue weighted by Gasteiger charge is -2.28. The number of nitrogen functional groups attached to an aromatic ring is 1. The molecule has 5 aromatic rings. The van der Waals surface area contributed by atoms with Crippen LogP contribution in [0, 0.1) is 3.83 Å². The van der Waals surface area contributed by atoms with Crippen molar-refractivity contribution >= 4 is 76.0 Å². The Hall–Kier alpha value is -3.55. The molecular formula is C34H38IN6O9PS. The van der Waals surface area contributed by atoms with Gasteiger partial charge in [0, 0.05) is 28.0 Å². The molecule has 276 valence electrons. The van der Waals surface area contributed by atoms with Crippen molar-refractivity contribution in [3.05, 3.63) is 82.2 Å². The molecule has 1 aliphatic rings. The minimum absolute atomic E-state index is 0.00914. The van der Waals surface area contributed by atoms with Gasteiger partial charge in [-0.15, -0.1) is 0 Å². The van der Waals surface area contributed by atoms with E-state index in [0.29, 0.717) is 15.0 Å². The van der Waals surface area contributed by atoms with Gasteiger partial charge in [-0.05, 0) is 42.4 Å². The largest absolute Gasteiger partial charge is 0.479 e. The molecule has 3 aromatic carbocycles. The summed E-state index contributed by atoms with van der Waals surface area (Å²) in [6, 6.07) is 20.7. The van der Waals surface area contributed by atoms with Crippen molar-refractivity contribution in [3.8, 4) is 11.6 Å². The average molecular weight is 865 g/mol. The number of carbonyl (C=O) groups is 1. The summed E-state index contributed by atoms with van der Waals surface area (Å²) in [7, 11) is -3.05. The molecule has 1 aliphatic heterocycles. The van der Waals surface area contributed by atoms with E-state index in [1.165, 1.54) is 30.4 Å². The number of thioether (sulfide) groups is 1. The minimum atomic E-state index is -4.47. The Kier molecular flexibility index (Phi) is 11.9. The Bertz CT molecular complexity index is 2090. The van der Waals surface area contributed by atoms with E-state index in [0.717, 1.165) is 10.9 Å². The zero-order chi connectivity index (χ0) is 37.0. The van der Waals surface area contributed by atoms with Gasteiger partial charge in [-0.25, -0.2) is 9.55 Å². The smallest absolute Gasteiger partial charge is 0.459 e. The zero-order valence-corrected chi connectivity index (χ0v) is 32.3. The predicted molar refractivity (Wildman–Crippen MR) is 204 cm³/mol. The number of nitrogens with two attached hydrogens (primary N) is 1. The van der Waals surface area contributed by atoms with Crippen molar-refractivity contribution in [2.24, 2.45) is 0 Å². The highest BCUT2D eigenvalue weighted by molar-refractivity contribution is 14.1. The van der Waals surface area contributed by atoms with E-state index in [2.05, 4.69) is 20.0 Å². The van der Waals surface area contributed by atoms with Crippen molar-refractivity contribution in [1.82, 2.24) is 24.6 Å². The fourth-order valence-corrected chi connectivity index (χ4v) is 8.55. The molecule has 0 aliphatic carbocycles. The first kappa shape index (κ1) is 38.2. The predicted octanol–water partition coefficient (Wildman–Crippen LogP) is 4.84. The lowest BCUT2D eigenvalue weighted by atomic mass is 9.96. The highest BCUT2D eigenvalue weighted by Crippen LogP contribution is 2.49. The maximum Gasteiger partial charge on any atom is 0.459 e. The number of anilines is 1. The van der Waals surface area contributed by atoms with Gasteiger partial charge in [0.1, 0.15) is 36.2 Å². The molecule has 0 radical (unpaired) electrons. The molecule has 0 spiro atoms. The molecule has 6 rings (SSSR count). The third kappa shape index (κ3) is 8.16. The van der Waals surface area contributed by atoms with E-state index >= 15 is 0 Å². The summed E-state index contributed by atoms with van der Waals surface area (Å²) in [6.45, 7) is 0.869. The van der Waals surface area contributed by atoms with Gasteiger partial charge in [0.2, 0.25) is 11.8 Å². The Morgan fingerprint density at radius 3 is 2.62 bits per heavy atom. The van der Waals surface area contributed by atoms with Crippen molar-refractivity contribution in [1.29, 1.82) is 0 Å². The maximum absolute atomic E-state index is 14.8. The molecule has 1 unspecified atom stereocenters. The first-order valence-corrected chi connectivity index (χ1v) is 20.2. The number of halogens is 1. The number of imidazole rings is 1. The van der Waals surface area contributed by atoms with Gasteiger partial charge >= 0.3 is 13.7 Å². The van der Waals surface area contributed by atoms with Crippen LogP contribution >= 0.6 is 42.1 Å². The second kappa shape index (κ2) is 16.2. The number of methoxy groups -OCH3 is 1. The lowest BCUT2D eigenvalue weighted by molar-refractivity contribution is -0.147. The Morgan fingerprint density at radius 1 is 1.13 bits per heavy atom. The lowest BCUT2D eigenvalue weighted by Crippen LogP contribution is -2.45. The van der Waals surface area contributed by atoms with Crippen LogP contribution in [0.2, 0.25) is 0 Å². The average Bonchev–Trinajstić information content (AvgIpc) is 3.58. The molecule has 0 amide bonds. The van der Waals surface area contributed by atoms with E-state index < -0.39 is 50.4 Å². The number of esters is 1. The fourth-order valence-electron chi connectivity index (χ4n) is 5.80. The third-order valence-corrected chi connectivity index (χ3v) is 11.4. The molecule has 5 N–H and O–H groups in total. The van der Waals surface area contributed by atoms with Gasteiger partial charge in [-0.3, -0.25) is 13.9 Å². The summed E-state index contributed by atoms with van der Waals surface area (Å²) in [6.07, 6.45) is -1.92. The monoisotopic (exact) mass is 864 g/mol. The van der Waals surface area contributed by atoms with Crippen LogP contribution in [-0.2, 0) is 30.0 Å². The van der Waals surface area contributed by atoms with Crippen LogP contribution in [0.1, 0.15) is 25.1 Å². The van der Waals surface area contributed by atoms with E-state index in [9.17, 15) is 19.6 Å². The van der Waals surface area contributed by atoms with Gasteiger partial charge in [0.25, 0.3) is 0 Å². The highest BCUT2D eigenvalue weighted by atomic mass is 127. The number of ether oxygens (including phenoxy) is 3. The molecule has 15 nitrogen and oxygen atoms in total. The maximum atomic E-state index is 14.8. The summed E-state index contributed by atoms with van der Waals surface area (Å²) < 4.78 is 45.9. The summed E-state index contributed by atoms with van der Waals surface area (Å²) in [5, 5.41) is 27.3. The van der Waals surface area contributed by atoms with Gasteiger partial charge in [-0.1, -0.05) is 66.7 Å². The molecule has 0 bridgehead atoms. The minimum Gasteiger partial charge on any atom is -0.479 e. The standard InChI is InChI=1S/C34H38IN6O9PS/c1-34(44)27(42)25(49-31(34)41-28-26(37-32(41)35)29(46-2)39-33(36)38-28)19-48-51(45,50-24-15-9-13-21-12-7-8-14-22(21)24)40-23(16-17-52-3)30(43)47-18-20-10-5-4-6-11-20/h4-15,23,25,27,31,42,44H,16-19H2,1-3H3,(H,40,45)(H2,36,38,39)/t23-,25+,27+,31+,34+,51?/m0/s1. The third-order valence-electron chi connectivity index (χ3n) is 8.47. The van der Waals surface area contributed by atoms with Gasteiger partial charge in [0.05, 0.1) is 13.7 Å². The number of fused-ring (bicyclic) bond motifs is 2. The van der Waals surface area contributed by atoms with Crippen molar-refractivity contribution in [2.75, 3.05) is 31.5 Å². The van der Waals surface area contributed by atoms with Crippen molar-refractivity contribution < 1.29 is 42.8 Å². The number of nitrogens with zero attached hydrogens (tertiary/aromatic N) is 4. The molecule has 0 saturated carbocycles. The normalized spacial score (nSPS) is 21.9. The Labute approximate surface area is 317 Å². The number of carbonyl (C=O) groups excluding carboxylic acids is 1. The van der Waals surface area contributed by atoms with Crippen LogP contribution in [0.5, 0.6) is 11.6 Å². The Balaban J connectivity index is 1.29. The molecular weight excluding hydrogens is 826 g/mol. The molecule has 18 heteroatoms. The van der Waals surface area contributed by atoms with Gasteiger partial charge in [0.15, 0.2) is 21.2 Å². The van der Waals surface area contributed by atoms with Crippen LogP contribution in [0.15, 0.2) is 72.8 Å². The van der Waals surface area contributed by atoms with Crippen LogP contribution in [0.4, 0.5) is 5.95 Å². The first-order valence-electron chi connectivity index (χ1n) is 16.1. The SMILES string of the molecule is COc1nc(N)nc2c1nc(I)n2[C@@H]1O[C@H](COP(=O)(N[C@@H](CCSC)C(=O)OCc2ccccc2)Oc2cccc3ccccc23)[C@@H](O)[C@@]1(C)O. The highest BCUT2D eigenvalue weighted by Gasteiger charge is 2.55. The second-order valence-electron chi connectivity index (χ2n) is 12.1. The zero-order valence-electron chi connectivity index (χ0n) is 28.4. The summed E-state index contributed by atoms with van der Waals surface area (Å²) in [4.78, 5) is 26.3.